The van der Waals surface area contributed by atoms with Crippen LogP contribution in [0.25, 0.3) is 0 Å². The van der Waals surface area contributed by atoms with Crippen LogP contribution < -0.4 is 10.6 Å². The lowest BCUT2D eigenvalue weighted by molar-refractivity contribution is 0.0927. The molecule has 2 amide bonds. The zero-order chi connectivity index (χ0) is 16.8. The lowest BCUT2D eigenvalue weighted by Crippen LogP contribution is -2.34. The molecule has 0 aliphatic carbocycles. The Bertz CT molecular complexity index is 715. The number of halogens is 2. The van der Waals surface area contributed by atoms with Crippen molar-refractivity contribution in [1.82, 2.24) is 10.6 Å². The van der Waals surface area contributed by atoms with Crippen LogP contribution in [0.3, 0.4) is 0 Å². The quantitative estimate of drug-likeness (QED) is 0.811. The van der Waals surface area contributed by atoms with Gasteiger partial charge in [0.25, 0.3) is 11.8 Å². The summed E-state index contributed by atoms with van der Waals surface area (Å²) in [6.07, 6.45) is 0. The van der Waals surface area contributed by atoms with E-state index in [4.69, 9.17) is 23.2 Å². The lowest BCUT2D eigenvalue weighted by Gasteiger charge is -2.08. The first kappa shape index (κ1) is 17.3. The largest absolute Gasteiger partial charge is 0.350 e. The third kappa shape index (κ3) is 4.98. The highest BCUT2D eigenvalue weighted by molar-refractivity contribution is 6.42. The monoisotopic (exact) mass is 350 g/mol. The number of amides is 2. The molecule has 0 aromatic heterocycles. The van der Waals surface area contributed by atoms with Crippen molar-refractivity contribution in [3.8, 4) is 0 Å². The summed E-state index contributed by atoms with van der Waals surface area (Å²) in [6, 6.07) is 11.9. The highest BCUT2D eigenvalue weighted by Crippen LogP contribution is 2.22. The van der Waals surface area contributed by atoms with Crippen molar-refractivity contribution in [2.45, 2.75) is 6.92 Å². The molecule has 0 spiro atoms. The van der Waals surface area contributed by atoms with Gasteiger partial charge < -0.3 is 10.6 Å². The summed E-state index contributed by atoms with van der Waals surface area (Å²) in [5, 5.41) is 6.17. The Morgan fingerprint density at radius 2 is 1.35 bits per heavy atom. The molecule has 0 heterocycles. The van der Waals surface area contributed by atoms with Crippen LogP contribution >= 0.6 is 23.2 Å². The molecule has 2 rings (SSSR count). The first-order valence-corrected chi connectivity index (χ1v) is 7.81. The third-order valence-corrected chi connectivity index (χ3v) is 3.93. The number of hydrogen-bond acceptors (Lipinski definition) is 2. The van der Waals surface area contributed by atoms with Crippen molar-refractivity contribution < 1.29 is 9.59 Å². The van der Waals surface area contributed by atoms with Crippen LogP contribution in [0.2, 0.25) is 10.0 Å². The molecule has 0 aliphatic heterocycles. The van der Waals surface area contributed by atoms with E-state index in [9.17, 15) is 9.59 Å². The maximum Gasteiger partial charge on any atom is 0.251 e. The van der Waals surface area contributed by atoms with Gasteiger partial charge in [0.05, 0.1) is 10.0 Å². The summed E-state index contributed by atoms with van der Waals surface area (Å²) in [4.78, 5) is 23.8. The van der Waals surface area contributed by atoms with Crippen LogP contribution in [-0.4, -0.2) is 24.9 Å². The predicted octanol–water partition coefficient (Wildman–Crippen LogP) is 3.46. The second-order valence-electron chi connectivity index (χ2n) is 5.01. The van der Waals surface area contributed by atoms with Crippen LogP contribution in [0.4, 0.5) is 0 Å². The number of carbonyl (C=O) groups is 2. The average Bonchev–Trinajstić information content (AvgIpc) is 2.54. The summed E-state index contributed by atoms with van der Waals surface area (Å²) < 4.78 is 0. The van der Waals surface area contributed by atoms with Crippen LogP contribution in [0.5, 0.6) is 0 Å². The number of hydrogen-bond donors (Lipinski definition) is 2. The Morgan fingerprint density at radius 1 is 0.826 bits per heavy atom. The fourth-order valence-electron chi connectivity index (χ4n) is 1.90. The maximum atomic E-state index is 11.9. The van der Waals surface area contributed by atoms with E-state index in [-0.39, 0.29) is 11.8 Å². The topological polar surface area (TPSA) is 58.2 Å². The number of rotatable bonds is 5. The maximum absolute atomic E-state index is 11.9. The van der Waals surface area contributed by atoms with Gasteiger partial charge in [-0.05, 0) is 37.3 Å². The van der Waals surface area contributed by atoms with Gasteiger partial charge in [-0.2, -0.15) is 0 Å². The normalized spacial score (nSPS) is 10.2. The molecule has 23 heavy (non-hydrogen) atoms. The van der Waals surface area contributed by atoms with Crippen molar-refractivity contribution >= 4 is 35.0 Å². The van der Waals surface area contributed by atoms with E-state index in [1.807, 2.05) is 19.1 Å². The summed E-state index contributed by atoms with van der Waals surface area (Å²) >= 11 is 11.7. The Hall–Kier alpha value is -2.04. The molecule has 0 bridgehead atoms. The summed E-state index contributed by atoms with van der Waals surface area (Å²) in [5.74, 6) is -0.443. The van der Waals surface area contributed by atoms with Crippen LogP contribution in [0.1, 0.15) is 26.3 Å². The van der Waals surface area contributed by atoms with Crippen molar-refractivity contribution in [3.63, 3.8) is 0 Å². The molecule has 0 saturated carbocycles. The van der Waals surface area contributed by atoms with Gasteiger partial charge in [0.15, 0.2) is 0 Å². The Kier molecular flexibility index (Phi) is 6.02. The van der Waals surface area contributed by atoms with Gasteiger partial charge in [0.2, 0.25) is 0 Å². The highest BCUT2D eigenvalue weighted by atomic mass is 35.5. The van der Waals surface area contributed by atoms with Crippen LogP contribution in [0.15, 0.2) is 42.5 Å². The minimum absolute atomic E-state index is 0.172. The van der Waals surface area contributed by atoms with Crippen LogP contribution in [-0.2, 0) is 0 Å². The molecule has 2 aromatic rings. The molecule has 0 unspecified atom stereocenters. The Morgan fingerprint density at radius 3 is 1.91 bits per heavy atom. The first-order valence-electron chi connectivity index (χ1n) is 7.05. The fourth-order valence-corrected chi connectivity index (χ4v) is 2.20. The molecule has 2 N–H and O–H groups in total. The van der Waals surface area contributed by atoms with E-state index in [1.54, 1.807) is 24.3 Å². The molecular weight excluding hydrogens is 335 g/mol. The average molecular weight is 351 g/mol. The van der Waals surface area contributed by atoms with Crippen LogP contribution in [0, 0.1) is 6.92 Å². The van der Waals surface area contributed by atoms with Gasteiger partial charge in [-0.3, -0.25) is 9.59 Å². The number of nitrogens with one attached hydrogen (secondary N) is 2. The van der Waals surface area contributed by atoms with E-state index < -0.39 is 0 Å². The molecule has 0 radical (unpaired) electrons. The second-order valence-corrected chi connectivity index (χ2v) is 5.82. The fraction of sp³-hybridized carbons (Fsp3) is 0.176. The molecule has 0 aliphatic rings. The van der Waals surface area contributed by atoms with Crippen molar-refractivity contribution in [1.29, 1.82) is 0 Å². The smallest absolute Gasteiger partial charge is 0.251 e. The zero-order valence-corrected chi connectivity index (χ0v) is 14.0. The molecular formula is C17H16Cl2N2O2. The first-order chi connectivity index (χ1) is 11.0. The Labute approximate surface area is 144 Å². The Balaban J connectivity index is 1.78. The minimum atomic E-state index is -0.270. The SMILES string of the molecule is Cc1ccc(C(=O)NCCNC(=O)c2ccc(Cl)c(Cl)c2)cc1. The van der Waals surface area contributed by atoms with E-state index in [0.717, 1.165) is 5.56 Å². The molecule has 6 heteroatoms. The molecule has 2 aromatic carbocycles. The molecule has 0 fully saturated rings. The summed E-state index contributed by atoms with van der Waals surface area (Å²) in [6.45, 7) is 2.61. The standard InChI is InChI=1S/C17H16Cl2N2O2/c1-11-2-4-12(5-3-11)16(22)20-8-9-21-17(23)13-6-7-14(18)15(19)10-13/h2-7,10H,8-9H2,1H3,(H,20,22)(H,21,23). The lowest BCUT2D eigenvalue weighted by atomic mass is 10.1. The van der Waals surface area contributed by atoms with Gasteiger partial charge in [-0.1, -0.05) is 40.9 Å². The van der Waals surface area contributed by atoms with Gasteiger partial charge in [0.1, 0.15) is 0 Å². The molecule has 0 atom stereocenters. The van der Waals surface area contributed by atoms with Gasteiger partial charge in [0, 0.05) is 24.2 Å². The van der Waals surface area contributed by atoms with Gasteiger partial charge in [-0.15, -0.1) is 0 Å². The number of benzene rings is 2. The van der Waals surface area contributed by atoms with Gasteiger partial charge >= 0.3 is 0 Å². The van der Waals surface area contributed by atoms with E-state index in [0.29, 0.717) is 34.3 Å². The minimum Gasteiger partial charge on any atom is -0.350 e. The summed E-state index contributed by atoms with van der Waals surface area (Å²) in [7, 11) is 0. The van der Waals surface area contributed by atoms with Crippen molar-refractivity contribution in [2.24, 2.45) is 0 Å². The number of aryl methyl sites for hydroxylation is 1. The molecule has 0 saturated heterocycles. The summed E-state index contributed by atoms with van der Waals surface area (Å²) in [5.41, 5.74) is 2.10. The van der Waals surface area contributed by atoms with Crippen molar-refractivity contribution in [2.75, 3.05) is 13.1 Å². The van der Waals surface area contributed by atoms with E-state index in [1.165, 1.54) is 6.07 Å². The molecule has 120 valence electrons. The highest BCUT2D eigenvalue weighted by Gasteiger charge is 2.08. The third-order valence-electron chi connectivity index (χ3n) is 3.19. The predicted molar refractivity (Wildman–Crippen MR) is 92.3 cm³/mol. The van der Waals surface area contributed by atoms with Gasteiger partial charge in [-0.25, -0.2) is 0 Å². The second kappa shape index (κ2) is 7.99. The van der Waals surface area contributed by atoms with E-state index >= 15 is 0 Å². The van der Waals surface area contributed by atoms with E-state index in [2.05, 4.69) is 10.6 Å². The molecule has 4 nitrogen and oxygen atoms in total. The zero-order valence-electron chi connectivity index (χ0n) is 12.5. The number of carbonyl (C=O) groups excluding carboxylic acids is 2. The van der Waals surface area contributed by atoms with Crippen molar-refractivity contribution in [3.05, 3.63) is 69.2 Å².